The van der Waals surface area contributed by atoms with Crippen molar-refractivity contribution in [3.63, 3.8) is 0 Å². The third-order valence-electron chi connectivity index (χ3n) is 6.85. The molecular formula is C27H28N2O3S2. The highest BCUT2D eigenvalue weighted by molar-refractivity contribution is 7.98. The Labute approximate surface area is 204 Å². The number of rotatable bonds is 7. The second-order valence-corrected chi connectivity index (χ2v) is 11.6. The van der Waals surface area contributed by atoms with E-state index in [1.54, 1.807) is 60.4 Å². The summed E-state index contributed by atoms with van der Waals surface area (Å²) in [7, 11) is -4.00. The molecule has 5 rings (SSSR count). The van der Waals surface area contributed by atoms with Crippen LogP contribution < -0.4 is 0 Å². The molecule has 5 nitrogen and oxygen atoms in total. The summed E-state index contributed by atoms with van der Waals surface area (Å²) in [5.41, 5.74) is -0.112. The molecule has 1 fully saturated rings. The zero-order chi connectivity index (χ0) is 23.8. The highest BCUT2D eigenvalue weighted by Crippen LogP contribution is 2.43. The Morgan fingerprint density at radius 3 is 2.41 bits per heavy atom. The van der Waals surface area contributed by atoms with Gasteiger partial charge in [-0.1, -0.05) is 56.0 Å². The molecule has 0 amide bonds. The summed E-state index contributed by atoms with van der Waals surface area (Å²) in [5.74, 6) is 0.323. The third kappa shape index (κ3) is 4.06. The van der Waals surface area contributed by atoms with Gasteiger partial charge < -0.3 is 5.11 Å². The van der Waals surface area contributed by atoms with E-state index in [0.29, 0.717) is 34.6 Å². The van der Waals surface area contributed by atoms with E-state index < -0.39 is 15.6 Å². The summed E-state index contributed by atoms with van der Waals surface area (Å²) < 4.78 is 29.2. The minimum absolute atomic E-state index is 0.167. The van der Waals surface area contributed by atoms with Gasteiger partial charge in [0.25, 0.3) is 10.0 Å². The first-order valence-electron chi connectivity index (χ1n) is 11.6. The molecular weight excluding hydrogens is 464 g/mol. The molecule has 0 bridgehead atoms. The maximum absolute atomic E-state index is 14.0. The van der Waals surface area contributed by atoms with Crippen molar-refractivity contribution < 1.29 is 13.5 Å². The molecule has 1 saturated carbocycles. The predicted octanol–water partition coefficient (Wildman–Crippen LogP) is 5.81. The van der Waals surface area contributed by atoms with Gasteiger partial charge in [-0.15, -0.1) is 11.8 Å². The van der Waals surface area contributed by atoms with Crippen LogP contribution in [0.1, 0.15) is 43.4 Å². The molecule has 176 valence electrons. The minimum Gasteiger partial charge on any atom is -0.379 e. The summed E-state index contributed by atoms with van der Waals surface area (Å²) in [5, 5.41) is 13.1. The maximum atomic E-state index is 14.0. The monoisotopic (exact) mass is 492 g/mol. The molecule has 1 N–H and O–H groups in total. The first-order chi connectivity index (χ1) is 16.4. The van der Waals surface area contributed by atoms with Crippen LogP contribution >= 0.6 is 11.8 Å². The van der Waals surface area contributed by atoms with Crippen LogP contribution in [0.4, 0.5) is 0 Å². The van der Waals surface area contributed by atoms with E-state index in [1.165, 1.54) is 3.97 Å². The number of fused-ring (bicyclic) bond motifs is 1. The van der Waals surface area contributed by atoms with Crippen LogP contribution in [0, 0.1) is 5.92 Å². The lowest BCUT2D eigenvalue weighted by atomic mass is 9.81. The minimum atomic E-state index is -4.00. The van der Waals surface area contributed by atoms with Crippen molar-refractivity contribution in [3.05, 3.63) is 90.3 Å². The van der Waals surface area contributed by atoms with Gasteiger partial charge in [-0.05, 0) is 66.6 Å². The fourth-order valence-electron chi connectivity index (χ4n) is 5.11. The molecule has 2 heterocycles. The normalized spacial score (nSPS) is 16.6. The number of aliphatic hydroxyl groups is 1. The molecule has 2 aromatic heterocycles. The highest BCUT2D eigenvalue weighted by Gasteiger charge is 2.41. The standard InChI is InChI=1S/C27H28N2O3S2/c1-33-23-15-13-22(14-16-23)27(30,19-20-8-5-6-9-20)25-18-21-10-7-17-28-26(21)29(25)34(31,32)24-11-3-2-4-12-24/h2-4,7,10-18,20,30H,5-6,8-9,19H2,1H3. The van der Waals surface area contributed by atoms with Gasteiger partial charge in [0.2, 0.25) is 0 Å². The van der Waals surface area contributed by atoms with Crippen LogP contribution in [0.15, 0.2) is 88.8 Å². The van der Waals surface area contributed by atoms with Gasteiger partial charge in [-0.25, -0.2) is 17.4 Å². The van der Waals surface area contributed by atoms with Gasteiger partial charge in [-0.3, -0.25) is 0 Å². The molecule has 4 aromatic rings. The second-order valence-electron chi connectivity index (χ2n) is 8.97. The number of thioether (sulfide) groups is 1. The van der Waals surface area contributed by atoms with Gasteiger partial charge in [0.15, 0.2) is 5.65 Å². The molecule has 0 saturated heterocycles. The van der Waals surface area contributed by atoms with E-state index in [-0.39, 0.29) is 4.90 Å². The number of benzene rings is 2. The molecule has 7 heteroatoms. The van der Waals surface area contributed by atoms with Crippen molar-refractivity contribution >= 4 is 32.8 Å². The Kier molecular flexibility index (Phi) is 6.27. The number of nitrogens with zero attached hydrogens (tertiary/aromatic N) is 2. The lowest BCUT2D eigenvalue weighted by Crippen LogP contribution is -2.34. The predicted molar refractivity (Wildman–Crippen MR) is 137 cm³/mol. The molecule has 0 radical (unpaired) electrons. The number of hydrogen-bond donors (Lipinski definition) is 1. The van der Waals surface area contributed by atoms with E-state index in [4.69, 9.17) is 0 Å². The SMILES string of the molecule is CSc1ccc(C(O)(CC2CCCC2)c2cc3cccnc3n2S(=O)(=O)c2ccccc2)cc1. The smallest absolute Gasteiger partial charge is 0.269 e. The molecule has 1 aliphatic rings. The van der Waals surface area contributed by atoms with Gasteiger partial charge in [0.1, 0.15) is 5.60 Å². The van der Waals surface area contributed by atoms with E-state index in [9.17, 15) is 13.5 Å². The average molecular weight is 493 g/mol. The summed E-state index contributed by atoms with van der Waals surface area (Å²) in [6.07, 6.45) is 8.41. The Hall–Kier alpha value is -2.61. The van der Waals surface area contributed by atoms with Gasteiger partial charge in [0, 0.05) is 16.5 Å². The largest absolute Gasteiger partial charge is 0.379 e. The fourth-order valence-corrected chi connectivity index (χ4v) is 7.07. The van der Waals surface area contributed by atoms with Gasteiger partial charge >= 0.3 is 0 Å². The summed E-state index contributed by atoms with van der Waals surface area (Å²) in [6, 6.07) is 21.6. The zero-order valence-electron chi connectivity index (χ0n) is 19.1. The van der Waals surface area contributed by atoms with Crippen LogP contribution in [-0.2, 0) is 15.6 Å². The van der Waals surface area contributed by atoms with Crippen LogP contribution in [0.2, 0.25) is 0 Å². The van der Waals surface area contributed by atoms with Crippen molar-refractivity contribution in [1.29, 1.82) is 0 Å². The molecule has 1 unspecified atom stereocenters. The number of aromatic nitrogens is 2. The van der Waals surface area contributed by atoms with Crippen LogP contribution in [0.5, 0.6) is 0 Å². The van der Waals surface area contributed by atoms with E-state index in [0.717, 1.165) is 30.6 Å². The van der Waals surface area contributed by atoms with Crippen molar-refractivity contribution in [2.45, 2.75) is 47.5 Å². The summed E-state index contributed by atoms with van der Waals surface area (Å²) >= 11 is 1.63. The molecule has 1 aliphatic carbocycles. The van der Waals surface area contributed by atoms with Gasteiger partial charge in [0.05, 0.1) is 10.6 Å². The zero-order valence-corrected chi connectivity index (χ0v) is 20.7. The van der Waals surface area contributed by atoms with E-state index in [1.807, 2.05) is 36.6 Å². The molecule has 1 atom stereocenters. The van der Waals surface area contributed by atoms with Crippen molar-refractivity contribution in [1.82, 2.24) is 8.96 Å². The summed E-state index contributed by atoms with van der Waals surface area (Å²) in [6.45, 7) is 0. The first kappa shape index (κ1) is 23.1. The number of pyridine rings is 1. The maximum Gasteiger partial charge on any atom is 0.269 e. The average Bonchev–Trinajstić information content (AvgIpc) is 3.52. The van der Waals surface area contributed by atoms with Crippen molar-refractivity contribution in [2.75, 3.05) is 6.26 Å². The van der Waals surface area contributed by atoms with Crippen LogP contribution in [-0.4, -0.2) is 28.7 Å². The Bertz CT molecular complexity index is 1390. The Balaban J connectivity index is 1.77. The second kappa shape index (κ2) is 9.21. The lowest BCUT2D eigenvalue weighted by molar-refractivity contribution is 0.0482. The van der Waals surface area contributed by atoms with Crippen molar-refractivity contribution in [3.8, 4) is 0 Å². The molecule has 2 aromatic carbocycles. The van der Waals surface area contributed by atoms with Crippen molar-refractivity contribution in [2.24, 2.45) is 5.92 Å². The Morgan fingerprint density at radius 1 is 1.03 bits per heavy atom. The molecule has 0 spiro atoms. The highest BCUT2D eigenvalue weighted by atomic mass is 32.2. The van der Waals surface area contributed by atoms with Gasteiger partial charge in [-0.2, -0.15) is 0 Å². The lowest BCUT2D eigenvalue weighted by Gasteiger charge is -2.32. The first-order valence-corrected chi connectivity index (χ1v) is 14.2. The van der Waals surface area contributed by atoms with E-state index >= 15 is 0 Å². The molecule has 0 aliphatic heterocycles. The fraction of sp³-hybridized carbons (Fsp3) is 0.296. The van der Waals surface area contributed by atoms with E-state index in [2.05, 4.69) is 4.98 Å². The topological polar surface area (TPSA) is 72.2 Å². The third-order valence-corrected chi connectivity index (χ3v) is 9.31. The quantitative estimate of drug-likeness (QED) is 0.330. The Morgan fingerprint density at radius 2 is 1.74 bits per heavy atom. The van der Waals surface area contributed by atoms with Crippen LogP contribution in [0.25, 0.3) is 11.0 Å². The number of hydrogen-bond acceptors (Lipinski definition) is 5. The summed E-state index contributed by atoms with van der Waals surface area (Å²) in [4.78, 5) is 5.69. The van der Waals surface area contributed by atoms with Crippen LogP contribution in [0.3, 0.4) is 0 Å². The molecule has 34 heavy (non-hydrogen) atoms.